The molecule has 102 valence electrons. The summed E-state index contributed by atoms with van der Waals surface area (Å²) in [7, 11) is 0. The highest BCUT2D eigenvalue weighted by Crippen LogP contribution is 2.24. The molecule has 0 amide bonds. The molecule has 0 aliphatic heterocycles. The lowest BCUT2D eigenvalue weighted by Crippen LogP contribution is -2.29. The second kappa shape index (κ2) is 8.27. The summed E-state index contributed by atoms with van der Waals surface area (Å²) >= 11 is 1.58. The van der Waals surface area contributed by atoms with E-state index in [-0.39, 0.29) is 0 Å². The molecule has 0 aromatic carbocycles. The fourth-order valence-corrected chi connectivity index (χ4v) is 2.94. The van der Waals surface area contributed by atoms with Crippen molar-refractivity contribution in [2.24, 2.45) is 0 Å². The molecule has 3 nitrogen and oxygen atoms in total. The summed E-state index contributed by atoms with van der Waals surface area (Å²) in [6.07, 6.45) is 2.10. The smallest absolute Gasteiger partial charge is 0.160 e. The summed E-state index contributed by atoms with van der Waals surface area (Å²) in [6.45, 7) is 12.0. The van der Waals surface area contributed by atoms with Crippen LogP contribution in [0.1, 0.15) is 36.9 Å². The minimum absolute atomic E-state index is 0.812. The van der Waals surface area contributed by atoms with E-state index in [9.17, 15) is 4.79 Å². The molecule has 0 N–H and O–H groups in total. The summed E-state index contributed by atoms with van der Waals surface area (Å²) in [5.74, 6) is 0. The van der Waals surface area contributed by atoms with E-state index in [1.807, 2.05) is 6.07 Å². The average Bonchev–Trinajstić information content (AvgIpc) is 2.88. The summed E-state index contributed by atoms with van der Waals surface area (Å²) < 4.78 is 0. The van der Waals surface area contributed by atoms with E-state index < -0.39 is 0 Å². The number of anilines is 1. The third-order valence-electron chi connectivity index (χ3n) is 3.22. The molecule has 18 heavy (non-hydrogen) atoms. The van der Waals surface area contributed by atoms with Gasteiger partial charge in [-0.15, -0.1) is 11.3 Å². The molecule has 0 bridgehead atoms. The van der Waals surface area contributed by atoms with E-state index in [2.05, 4.69) is 36.6 Å². The van der Waals surface area contributed by atoms with E-state index in [1.54, 1.807) is 11.3 Å². The average molecular weight is 268 g/mol. The fraction of sp³-hybridized carbons (Fsp3) is 0.643. The van der Waals surface area contributed by atoms with Gasteiger partial charge in [0.15, 0.2) is 6.29 Å². The lowest BCUT2D eigenvalue weighted by molar-refractivity contribution is 0.112. The van der Waals surface area contributed by atoms with Crippen molar-refractivity contribution in [1.29, 1.82) is 0 Å². The van der Waals surface area contributed by atoms with Crippen molar-refractivity contribution in [2.75, 3.05) is 37.6 Å². The first-order valence-electron chi connectivity index (χ1n) is 6.77. The van der Waals surface area contributed by atoms with Crippen LogP contribution in [0.2, 0.25) is 0 Å². The van der Waals surface area contributed by atoms with Crippen molar-refractivity contribution in [2.45, 2.75) is 27.2 Å². The molecule has 1 aromatic rings. The molecule has 0 radical (unpaired) electrons. The van der Waals surface area contributed by atoms with Crippen LogP contribution in [0, 0.1) is 0 Å². The third-order valence-corrected chi connectivity index (χ3v) is 4.29. The van der Waals surface area contributed by atoms with Crippen LogP contribution < -0.4 is 4.90 Å². The zero-order valence-electron chi connectivity index (χ0n) is 11.7. The first kappa shape index (κ1) is 15.2. The Morgan fingerprint density at radius 1 is 1.11 bits per heavy atom. The Kier molecular flexibility index (Phi) is 6.98. The van der Waals surface area contributed by atoms with Gasteiger partial charge in [-0.25, -0.2) is 0 Å². The first-order valence-corrected chi connectivity index (χ1v) is 7.59. The maximum absolute atomic E-state index is 10.7. The van der Waals surface area contributed by atoms with Crippen LogP contribution in [0.25, 0.3) is 0 Å². The van der Waals surface area contributed by atoms with Crippen LogP contribution in [0.5, 0.6) is 0 Å². The van der Waals surface area contributed by atoms with Crippen LogP contribution in [0.4, 0.5) is 5.00 Å². The zero-order chi connectivity index (χ0) is 13.4. The highest BCUT2D eigenvalue weighted by Gasteiger charge is 2.08. The van der Waals surface area contributed by atoms with Crippen molar-refractivity contribution < 1.29 is 4.79 Å². The molecular weight excluding hydrogens is 244 g/mol. The molecule has 0 aliphatic carbocycles. The predicted molar refractivity (Wildman–Crippen MR) is 80.0 cm³/mol. The Morgan fingerprint density at radius 3 is 2.33 bits per heavy atom. The maximum Gasteiger partial charge on any atom is 0.160 e. The van der Waals surface area contributed by atoms with E-state index in [0.29, 0.717) is 0 Å². The Bertz CT molecular complexity index is 347. The fourth-order valence-electron chi connectivity index (χ4n) is 2.02. The summed E-state index contributed by atoms with van der Waals surface area (Å²) in [5, 5.41) is 1.21. The highest BCUT2D eigenvalue weighted by molar-refractivity contribution is 7.17. The van der Waals surface area contributed by atoms with Crippen molar-refractivity contribution in [1.82, 2.24) is 4.90 Å². The molecule has 1 heterocycles. The van der Waals surface area contributed by atoms with E-state index in [4.69, 9.17) is 0 Å². The second-order valence-electron chi connectivity index (χ2n) is 4.25. The molecular formula is C14H24N2OS. The maximum atomic E-state index is 10.7. The second-order valence-corrected chi connectivity index (χ2v) is 5.35. The topological polar surface area (TPSA) is 23.6 Å². The minimum atomic E-state index is 0.812. The van der Waals surface area contributed by atoms with Gasteiger partial charge in [-0.1, -0.05) is 13.8 Å². The number of hydrogen-bond acceptors (Lipinski definition) is 4. The van der Waals surface area contributed by atoms with Gasteiger partial charge in [-0.05, 0) is 45.1 Å². The number of rotatable bonds is 9. The van der Waals surface area contributed by atoms with Gasteiger partial charge in [0.2, 0.25) is 0 Å². The van der Waals surface area contributed by atoms with E-state index in [1.165, 1.54) is 11.4 Å². The van der Waals surface area contributed by atoms with Crippen LogP contribution in [0.3, 0.4) is 0 Å². The lowest BCUT2D eigenvalue weighted by Gasteiger charge is -2.23. The Morgan fingerprint density at radius 2 is 1.83 bits per heavy atom. The monoisotopic (exact) mass is 268 g/mol. The Labute approximate surface area is 114 Å². The standard InChI is InChI=1S/C14H24N2OS/c1-4-15(5-2)10-7-11-16(6-3)14-9-8-13(12-17)18-14/h8-9,12H,4-7,10-11H2,1-3H3. The van der Waals surface area contributed by atoms with E-state index >= 15 is 0 Å². The van der Waals surface area contributed by atoms with Gasteiger partial charge in [0.05, 0.1) is 9.88 Å². The van der Waals surface area contributed by atoms with Crippen molar-refractivity contribution in [3.63, 3.8) is 0 Å². The van der Waals surface area contributed by atoms with E-state index in [0.717, 1.165) is 43.9 Å². The third kappa shape index (κ3) is 4.42. The number of nitrogens with zero attached hydrogens (tertiary/aromatic N) is 2. The zero-order valence-corrected chi connectivity index (χ0v) is 12.5. The SMILES string of the molecule is CCN(CC)CCCN(CC)c1ccc(C=O)s1. The largest absolute Gasteiger partial charge is 0.364 e. The molecule has 0 fully saturated rings. The molecule has 0 saturated carbocycles. The van der Waals surface area contributed by atoms with Crippen molar-refractivity contribution in [3.05, 3.63) is 17.0 Å². The van der Waals surface area contributed by atoms with Crippen LogP contribution in [-0.2, 0) is 0 Å². The number of thiophene rings is 1. The number of carbonyl (C=O) groups excluding carboxylic acids is 1. The van der Waals surface area contributed by atoms with Gasteiger partial charge in [-0.3, -0.25) is 4.79 Å². The molecule has 0 spiro atoms. The van der Waals surface area contributed by atoms with Gasteiger partial charge in [0, 0.05) is 13.1 Å². The molecule has 1 aromatic heterocycles. The quantitative estimate of drug-likeness (QED) is 0.643. The molecule has 0 saturated heterocycles. The van der Waals surface area contributed by atoms with Gasteiger partial charge < -0.3 is 9.80 Å². The molecule has 4 heteroatoms. The molecule has 0 atom stereocenters. The van der Waals surface area contributed by atoms with Crippen molar-refractivity contribution >= 4 is 22.6 Å². The Hall–Kier alpha value is -0.870. The summed E-state index contributed by atoms with van der Waals surface area (Å²) in [6, 6.07) is 3.95. The van der Waals surface area contributed by atoms with Gasteiger partial charge in [0.25, 0.3) is 0 Å². The van der Waals surface area contributed by atoms with Crippen LogP contribution in [-0.4, -0.2) is 43.9 Å². The molecule has 1 rings (SSSR count). The number of aldehydes is 1. The molecule has 0 unspecified atom stereocenters. The number of hydrogen-bond donors (Lipinski definition) is 0. The van der Waals surface area contributed by atoms with Crippen LogP contribution >= 0.6 is 11.3 Å². The van der Waals surface area contributed by atoms with Gasteiger partial charge in [-0.2, -0.15) is 0 Å². The predicted octanol–water partition coefficient (Wildman–Crippen LogP) is 3.12. The van der Waals surface area contributed by atoms with Crippen LogP contribution in [0.15, 0.2) is 12.1 Å². The first-order chi connectivity index (χ1) is 8.74. The Balaban J connectivity index is 2.44. The normalized spacial score (nSPS) is 10.9. The number of carbonyl (C=O) groups is 1. The van der Waals surface area contributed by atoms with Gasteiger partial charge >= 0.3 is 0 Å². The lowest BCUT2D eigenvalue weighted by atomic mass is 10.3. The van der Waals surface area contributed by atoms with Crippen molar-refractivity contribution in [3.8, 4) is 0 Å². The summed E-state index contributed by atoms with van der Waals surface area (Å²) in [5.41, 5.74) is 0. The van der Waals surface area contributed by atoms with Gasteiger partial charge in [0.1, 0.15) is 0 Å². The summed E-state index contributed by atoms with van der Waals surface area (Å²) in [4.78, 5) is 16.3. The molecule has 0 aliphatic rings. The highest BCUT2D eigenvalue weighted by atomic mass is 32.1. The minimum Gasteiger partial charge on any atom is -0.364 e.